The smallest absolute Gasteiger partial charge is 0.250 e. The summed E-state index contributed by atoms with van der Waals surface area (Å²) in [7, 11) is 1.85. The highest BCUT2D eigenvalue weighted by atomic mass is 16.1. The van der Waals surface area contributed by atoms with Crippen LogP contribution in [0.5, 0.6) is 0 Å². The summed E-state index contributed by atoms with van der Waals surface area (Å²) in [5.74, 6) is 0.983. The van der Waals surface area contributed by atoms with Gasteiger partial charge in [0.05, 0.1) is 0 Å². The number of aromatic nitrogens is 1. The number of piperidine rings is 1. The van der Waals surface area contributed by atoms with Crippen molar-refractivity contribution in [2.75, 3.05) is 26.7 Å². The van der Waals surface area contributed by atoms with Crippen LogP contribution in [-0.2, 0) is 6.54 Å². The van der Waals surface area contributed by atoms with Crippen LogP contribution >= 0.6 is 0 Å². The molecule has 1 saturated heterocycles. The first-order chi connectivity index (χ1) is 14.2. The SMILES string of the molecule is CN=C(NCCCCn1c(C)cccc1=O)N1CCC(=Cc2ccccc2)CC1. The molecule has 1 aliphatic heterocycles. The Kier molecular flexibility index (Phi) is 7.68. The van der Waals surface area contributed by atoms with E-state index >= 15 is 0 Å². The number of benzene rings is 1. The number of unbranched alkanes of at least 4 members (excludes halogenated alkanes) is 1. The predicted molar refractivity (Wildman–Crippen MR) is 121 cm³/mol. The molecular weight excluding hydrogens is 360 g/mol. The molecule has 1 aliphatic rings. The van der Waals surface area contributed by atoms with Gasteiger partial charge in [-0.25, -0.2) is 0 Å². The molecule has 5 heteroatoms. The Bertz CT molecular complexity index is 889. The highest BCUT2D eigenvalue weighted by molar-refractivity contribution is 5.80. The number of nitrogens with one attached hydrogen (secondary N) is 1. The zero-order valence-electron chi connectivity index (χ0n) is 17.6. The number of aryl methyl sites for hydroxylation is 1. The van der Waals surface area contributed by atoms with Gasteiger partial charge < -0.3 is 14.8 Å². The number of rotatable bonds is 6. The molecule has 5 nitrogen and oxygen atoms in total. The van der Waals surface area contributed by atoms with Gasteiger partial charge in [0.25, 0.3) is 5.56 Å². The quantitative estimate of drug-likeness (QED) is 0.463. The number of nitrogens with zero attached hydrogens (tertiary/aromatic N) is 3. The molecule has 0 saturated carbocycles. The summed E-state index contributed by atoms with van der Waals surface area (Å²) < 4.78 is 1.85. The standard InChI is InChI=1S/C24H32N4O/c1-20-9-8-12-23(29)28(20)16-7-6-15-26-24(25-2)27-17-13-22(14-18-27)19-21-10-4-3-5-11-21/h3-5,8-12,19H,6-7,13-18H2,1-2H3,(H,25,26). The minimum absolute atomic E-state index is 0.0847. The number of hydrogen-bond acceptors (Lipinski definition) is 2. The van der Waals surface area contributed by atoms with Gasteiger partial charge in [-0.05, 0) is 44.2 Å². The van der Waals surface area contributed by atoms with Gasteiger partial charge in [-0.2, -0.15) is 0 Å². The van der Waals surface area contributed by atoms with Crippen molar-refractivity contribution in [3.8, 4) is 0 Å². The van der Waals surface area contributed by atoms with E-state index in [2.05, 4.69) is 51.6 Å². The topological polar surface area (TPSA) is 49.6 Å². The third kappa shape index (κ3) is 6.08. The van der Waals surface area contributed by atoms with Crippen LogP contribution in [0.25, 0.3) is 6.08 Å². The predicted octanol–water partition coefficient (Wildman–Crippen LogP) is 3.69. The third-order valence-corrected chi connectivity index (χ3v) is 5.45. The molecule has 0 bridgehead atoms. The Morgan fingerprint density at radius 1 is 1.07 bits per heavy atom. The molecule has 1 fully saturated rings. The van der Waals surface area contributed by atoms with Gasteiger partial charge in [0.2, 0.25) is 0 Å². The normalized spacial score (nSPS) is 14.8. The van der Waals surface area contributed by atoms with E-state index in [1.807, 2.05) is 30.7 Å². The van der Waals surface area contributed by atoms with Gasteiger partial charge >= 0.3 is 0 Å². The van der Waals surface area contributed by atoms with Crippen molar-refractivity contribution >= 4 is 12.0 Å². The fourth-order valence-corrected chi connectivity index (χ4v) is 3.77. The highest BCUT2D eigenvalue weighted by Crippen LogP contribution is 2.19. The third-order valence-electron chi connectivity index (χ3n) is 5.45. The second-order valence-electron chi connectivity index (χ2n) is 7.54. The van der Waals surface area contributed by atoms with Crippen LogP contribution in [0.3, 0.4) is 0 Å². The van der Waals surface area contributed by atoms with E-state index in [-0.39, 0.29) is 5.56 Å². The number of aliphatic imine (C=N–C) groups is 1. The van der Waals surface area contributed by atoms with Gasteiger partial charge in [0.15, 0.2) is 5.96 Å². The van der Waals surface area contributed by atoms with Crippen molar-refractivity contribution in [3.63, 3.8) is 0 Å². The summed E-state index contributed by atoms with van der Waals surface area (Å²) in [5.41, 5.74) is 3.90. The molecular formula is C24H32N4O. The molecule has 0 atom stereocenters. The Morgan fingerprint density at radius 3 is 2.52 bits per heavy atom. The lowest BCUT2D eigenvalue weighted by Gasteiger charge is -2.31. The Hall–Kier alpha value is -2.82. The monoisotopic (exact) mass is 392 g/mol. The van der Waals surface area contributed by atoms with Crippen LogP contribution in [0.1, 0.15) is 36.9 Å². The van der Waals surface area contributed by atoms with Gasteiger partial charge in [-0.1, -0.05) is 48.0 Å². The Balaban J connectivity index is 1.41. The molecule has 1 aromatic carbocycles. The molecule has 3 rings (SSSR count). The summed E-state index contributed by atoms with van der Waals surface area (Å²) in [5, 5.41) is 3.49. The number of hydrogen-bond donors (Lipinski definition) is 1. The number of likely N-dealkylation sites (tertiary alicyclic amines) is 1. The summed E-state index contributed by atoms with van der Waals surface area (Å²) in [6, 6.07) is 16.0. The average Bonchev–Trinajstić information content (AvgIpc) is 2.74. The number of guanidine groups is 1. The molecule has 1 aromatic heterocycles. The van der Waals surface area contributed by atoms with Crippen molar-refractivity contribution in [2.24, 2.45) is 4.99 Å². The van der Waals surface area contributed by atoms with Crippen LogP contribution in [0.4, 0.5) is 0 Å². The molecule has 154 valence electrons. The zero-order chi connectivity index (χ0) is 20.5. The largest absolute Gasteiger partial charge is 0.356 e. The minimum Gasteiger partial charge on any atom is -0.356 e. The van der Waals surface area contributed by atoms with Gasteiger partial charge in [0.1, 0.15) is 0 Å². The van der Waals surface area contributed by atoms with E-state index in [4.69, 9.17) is 0 Å². The van der Waals surface area contributed by atoms with Crippen LogP contribution < -0.4 is 10.9 Å². The fraction of sp³-hybridized carbons (Fsp3) is 0.417. The van der Waals surface area contributed by atoms with E-state index in [1.165, 1.54) is 11.1 Å². The zero-order valence-corrected chi connectivity index (χ0v) is 17.6. The lowest BCUT2D eigenvalue weighted by atomic mass is 10.0. The second kappa shape index (κ2) is 10.6. The van der Waals surface area contributed by atoms with E-state index in [0.29, 0.717) is 0 Å². The second-order valence-corrected chi connectivity index (χ2v) is 7.54. The maximum absolute atomic E-state index is 11.9. The molecule has 1 N–H and O–H groups in total. The van der Waals surface area contributed by atoms with E-state index < -0.39 is 0 Å². The molecule has 29 heavy (non-hydrogen) atoms. The fourth-order valence-electron chi connectivity index (χ4n) is 3.77. The molecule has 0 radical (unpaired) electrons. The lowest BCUT2D eigenvalue weighted by molar-refractivity contribution is 0.375. The van der Waals surface area contributed by atoms with Crippen LogP contribution in [0, 0.1) is 6.92 Å². The molecule has 0 aliphatic carbocycles. The van der Waals surface area contributed by atoms with Crippen molar-refractivity contribution < 1.29 is 0 Å². The first kappa shape index (κ1) is 20.9. The maximum atomic E-state index is 11.9. The molecule has 0 amide bonds. The summed E-state index contributed by atoms with van der Waals surface area (Å²) in [6.07, 6.45) is 6.45. The van der Waals surface area contributed by atoms with E-state index in [1.54, 1.807) is 6.07 Å². The van der Waals surface area contributed by atoms with Gasteiger partial charge in [0, 0.05) is 45.0 Å². The maximum Gasteiger partial charge on any atom is 0.250 e. The highest BCUT2D eigenvalue weighted by Gasteiger charge is 2.16. The van der Waals surface area contributed by atoms with Crippen LogP contribution in [-0.4, -0.2) is 42.1 Å². The Morgan fingerprint density at radius 2 is 1.83 bits per heavy atom. The first-order valence-corrected chi connectivity index (χ1v) is 10.5. The van der Waals surface area contributed by atoms with Crippen LogP contribution in [0.15, 0.2) is 63.9 Å². The van der Waals surface area contributed by atoms with E-state index in [9.17, 15) is 4.79 Å². The van der Waals surface area contributed by atoms with Crippen molar-refractivity contribution in [1.82, 2.24) is 14.8 Å². The van der Waals surface area contributed by atoms with Gasteiger partial charge in [-0.3, -0.25) is 9.79 Å². The number of pyridine rings is 1. The van der Waals surface area contributed by atoms with Crippen molar-refractivity contribution in [2.45, 2.75) is 39.2 Å². The molecule has 2 heterocycles. The average molecular weight is 393 g/mol. The first-order valence-electron chi connectivity index (χ1n) is 10.5. The van der Waals surface area contributed by atoms with Crippen LogP contribution in [0.2, 0.25) is 0 Å². The summed E-state index contributed by atoms with van der Waals surface area (Å²) in [6.45, 7) is 5.62. The summed E-state index contributed by atoms with van der Waals surface area (Å²) >= 11 is 0. The molecule has 0 spiro atoms. The Labute approximate surface area is 173 Å². The lowest BCUT2D eigenvalue weighted by Crippen LogP contribution is -2.44. The van der Waals surface area contributed by atoms with Gasteiger partial charge in [-0.15, -0.1) is 0 Å². The van der Waals surface area contributed by atoms with E-state index in [0.717, 1.165) is 63.5 Å². The van der Waals surface area contributed by atoms with Crippen molar-refractivity contribution in [1.29, 1.82) is 0 Å². The molecule has 0 unspecified atom stereocenters. The molecule has 2 aromatic rings. The minimum atomic E-state index is 0.0847. The van der Waals surface area contributed by atoms with Crippen molar-refractivity contribution in [3.05, 3.63) is 75.7 Å². The summed E-state index contributed by atoms with van der Waals surface area (Å²) in [4.78, 5) is 18.7.